The third-order valence-corrected chi connectivity index (χ3v) is 4.53. The summed E-state index contributed by atoms with van der Waals surface area (Å²) in [6.45, 7) is 3.87. The van der Waals surface area contributed by atoms with Gasteiger partial charge in [0.05, 0.1) is 0 Å². The summed E-state index contributed by atoms with van der Waals surface area (Å²) in [6.07, 6.45) is 3.30. The van der Waals surface area contributed by atoms with E-state index in [-0.39, 0.29) is 5.54 Å². The van der Waals surface area contributed by atoms with Crippen molar-refractivity contribution in [3.63, 3.8) is 0 Å². The Bertz CT molecular complexity index is 427. The van der Waals surface area contributed by atoms with Crippen LogP contribution in [-0.4, -0.2) is 55.4 Å². The van der Waals surface area contributed by atoms with E-state index in [1.807, 2.05) is 31.2 Å². The fourth-order valence-corrected chi connectivity index (χ4v) is 2.72. The Kier molecular flexibility index (Phi) is 5.62. The summed E-state index contributed by atoms with van der Waals surface area (Å²) in [5.41, 5.74) is 1.50. The number of hydrogen-bond donors (Lipinski definition) is 2. The van der Waals surface area contributed by atoms with Gasteiger partial charge in [0.15, 0.2) is 0 Å². The van der Waals surface area contributed by atoms with Crippen molar-refractivity contribution >= 4 is 0 Å². The lowest BCUT2D eigenvalue weighted by molar-refractivity contribution is 0.0512. The predicted molar refractivity (Wildman–Crippen MR) is 85.8 cm³/mol. The van der Waals surface area contributed by atoms with Crippen LogP contribution in [0.3, 0.4) is 0 Å². The average Bonchev–Trinajstić information content (AvgIpc) is 2.40. The minimum absolute atomic E-state index is 0.289. The van der Waals surface area contributed by atoms with Crippen LogP contribution in [0.15, 0.2) is 24.3 Å². The van der Waals surface area contributed by atoms with Crippen molar-refractivity contribution in [1.29, 1.82) is 0 Å². The van der Waals surface area contributed by atoms with E-state index >= 15 is 0 Å². The van der Waals surface area contributed by atoms with Crippen LogP contribution in [0.25, 0.3) is 0 Å². The molecule has 0 radical (unpaired) electrons. The summed E-state index contributed by atoms with van der Waals surface area (Å²) in [4.78, 5) is 2.30. The number of aryl methyl sites for hydroxylation is 1. The maximum Gasteiger partial charge on any atom is 0.119 e. The van der Waals surface area contributed by atoms with Gasteiger partial charge in [-0.3, -0.25) is 0 Å². The fraction of sp³-hybridized carbons (Fsp3) is 0.647. The van der Waals surface area contributed by atoms with Crippen LogP contribution in [0.5, 0.6) is 5.75 Å². The summed E-state index contributed by atoms with van der Waals surface area (Å²) in [5.74, 6) is 0.809. The highest BCUT2D eigenvalue weighted by Gasteiger charge is 2.38. The quantitative estimate of drug-likeness (QED) is 0.767. The predicted octanol–water partition coefficient (Wildman–Crippen LogP) is 1.81. The Balaban J connectivity index is 1.65. The van der Waals surface area contributed by atoms with E-state index in [1.165, 1.54) is 24.8 Å². The van der Waals surface area contributed by atoms with Crippen LogP contribution in [0.4, 0.5) is 0 Å². The first kappa shape index (κ1) is 16.3. The van der Waals surface area contributed by atoms with E-state index in [0.717, 1.165) is 12.3 Å². The van der Waals surface area contributed by atoms with Crippen LogP contribution in [-0.2, 0) is 0 Å². The van der Waals surface area contributed by atoms with Gasteiger partial charge in [-0.05, 0) is 52.4 Å². The Morgan fingerprint density at radius 2 is 1.95 bits per heavy atom. The highest BCUT2D eigenvalue weighted by atomic mass is 16.5. The van der Waals surface area contributed by atoms with Gasteiger partial charge >= 0.3 is 0 Å². The maximum absolute atomic E-state index is 9.99. The zero-order valence-electron chi connectivity index (χ0n) is 13.4. The largest absolute Gasteiger partial charge is 0.491 e. The monoisotopic (exact) mass is 292 g/mol. The summed E-state index contributed by atoms with van der Waals surface area (Å²) in [7, 11) is 4.27. The van der Waals surface area contributed by atoms with Gasteiger partial charge in [0, 0.05) is 18.6 Å². The van der Waals surface area contributed by atoms with E-state index in [2.05, 4.69) is 24.3 Å². The third-order valence-electron chi connectivity index (χ3n) is 4.53. The maximum atomic E-state index is 9.99. The molecular weight excluding hydrogens is 264 g/mol. The van der Waals surface area contributed by atoms with E-state index in [1.54, 1.807) is 0 Å². The van der Waals surface area contributed by atoms with E-state index in [0.29, 0.717) is 13.2 Å². The molecule has 4 nitrogen and oxygen atoms in total. The van der Waals surface area contributed by atoms with Gasteiger partial charge in [-0.1, -0.05) is 17.7 Å². The molecule has 2 N–H and O–H groups in total. The van der Waals surface area contributed by atoms with Crippen molar-refractivity contribution in [2.75, 3.05) is 33.8 Å². The van der Waals surface area contributed by atoms with Crippen LogP contribution in [0, 0.1) is 6.92 Å². The summed E-state index contributed by atoms with van der Waals surface area (Å²) in [6, 6.07) is 7.89. The second-order valence-corrected chi connectivity index (χ2v) is 6.38. The molecule has 0 saturated heterocycles. The van der Waals surface area contributed by atoms with Crippen molar-refractivity contribution < 1.29 is 9.84 Å². The van der Waals surface area contributed by atoms with Crippen molar-refractivity contribution in [1.82, 2.24) is 10.2 Å². The zero-order valence-corrected chi connectivity index (χ0v) is 13.4. The zero-order chi connectivity index (χ0) is 15.3. The van der Waals surface area contributed by atoms with Crippen molar-refractivity contribution in [2.24, 2.45) is 0 Å². The van der Waals surface area contributed by atoms with Gasteiger partial charge < -0.3 is 20.1 Å². The first-order valence-electron chi connectivity index (χ1n) is 7.77. The second kappa shape index (κ2) is 7.25. The number of rotatable bonds is 8. The number of likely N-dealkylation sites (N-methyl/N-ethyl adjacent to an activating group) is 1. The van der Waals surface area contributed by atoms with E-state index < -0.39 is 6.10 Å². The molecule has 21 heavy (non-hydrogen) atoms. The SMILES string of the molecule is Cc1ccc(OCC(O)CNCC2(N(C)C)CCC2)cc1. The lowest BCUT2D eigenvalue weighted by atomic mass is 9.75. The molecule has 1 saturated carbocycles. The minimum atomic E-state index is -0.481. The Morgan fingerprint density at radius 1 is 1.29 bits per heavy atom. The number of nitrogens with one attached hydrogen (secondary N) is 1. The molecule has 4 heteroatoms. The number of aliphatic hydroxyl groups excluding tert-OH is 1. The fourth-order valence-electron chi connectivity index (χ4n) is 2.72. The first-order valence-corrected chi connectivity index (χ1v) is 7.77. The summed E-state index contributed by atoms with van der Waals surface area (Å²) >= 11 is 0. The van der Waals surface area contributed by atoms with Crippen molar-refractivity contribution in [3.05, 3.63) is 29.8 Å². The van der Waals surface area contributed by atoms with Gasteiger partial charge in [-0.2, -0.15) is 0 Å². The lowest BCUT2D eigenvalue weighted by Gasteiger charge is -2.47. The molecule has 1 aliphatic rings. The van der Waals surface area contributed by atoms with Gasteiger partial charge in [-0.15, -0.1) is 0 Å². The van der Waals surface area contributed by atoms with Gasteiger partial charge in [0.1, 0.15) is 18.5 Å². The molecule has 0 aliphatic heterocycles. The Hall–Kier alpha value is -1.10. The molecule has 1 fully saturated rings. The number of hydrogen-bond acceptors (Lipinski definition) is 4. The smallest absolute Gasteiger partial charge is 0.119 e. The molecule has 0 bridgehead atoms. The molecule has 0 aromatic heterocycles. The van der Waals surface area contributed by atoms with Gasteiger partial charge in [0.2, 0.25) is 0 Å². The highest BCUT2D eigenvalue weighted by Crippen LogP contribution is 2.35. The third kappa shape index (κ3) is 4.43. The van der Waals surface area contributed by atoms with Crippen LogP contribution in [0.2, 0.25) is 0 Å². The highest BCUT2D eigenvalue weighted by molar-refractivity contribution is 5.26. The number of nitrogens with zero attached hydrogens (tertiary/aromatic N) is 1. The summed E-state index contributed by atoms with van der Waals surface area (Å²) in [5, 5.41) is 13.4. The number of ether oxygens (including phenoxy) is 1. The molecule has 0 spiro atoms. The second-order valence-electron chi connectivity index (χ2n) is 6.38. The van der Waals surface area contributed by atoms with Crippen molar-refractivity contribution in [3.8, 4) is 5.75 Å². The molecule has 0 amide bonds. The molecule has 0 heterocycles. The molecule has 1 aliphatic carbocycles. The molecule has 2 rings (SSSR count). The molecule has 1 unspecified atom stereocenters. The standard InChI is InChI=1S/C17H28N2O2/c1-14-5-7-16(8-6-14)21-12-15(20)11-18-13-17(19(2)3)9-4-10-17/h5-8,15,18,20H,4,9-13H2,1-3H3. The van der Waals surface area contributed by atoms with Crippen LogP contribution < -0.4 is 10.1 Å². The van der Waals surface area contributed by atoms with Crippen molar-refractivity contribution in [2.45, 2.75) is 37.8 Å². The van der Waals surface area contributed by atoms with Gasteiger partial charge in [0.25, 0.3) is 0 Å². The molecular formula is C17H28N2O2. The minimum Gasteiger partial charge on any atom is -0.491 e. The van der Waals surface area contributed by atoms with Gasteiger partial charge in [-0.25, -0.2) is 0 Å². The Morgan fingerprint density at radius 3 is 2.48 bits per heavy atom. The molecule has 118 valence electrons. The molecule has 1 atom stereocenters. The normalized spacial score (nSPS) is 18.3. The first-order chi connectivity index (χ1) is 10.0. The lowest BCUT2D eigenvalue weighted by Crippen LogP contribution is -2.57. The van der Waals surface area contributed by atoms with E-state index in [4.69, 9.17) is 4.74 Å². The molecule has 1 aromatic carbocycles. The van der Waals surface area contributed by atoms with E-state index in [9.17, 15) is 5.11 Å². The number of aliphatic hydroxyl groups is 1. The Labute approximate surface area is 128 Å². The summed E-state index contributed by atoms with van der Waals surface area (Å²) < 4.78 is 5.59. The number of benzene rings is 1. The van der Waals surface area contributed by atoms with Crippen LogP contribution in [0.1, 0.15) is 24.8 Å². The topological polar surface area (TPSA) is 44.7 Å². The average molecular weight is 292 g/mol. The van der Waals surface area contributed by atoms with Crippen LogP contribution >= 0.6 is 0 Å². The molecule has 1 aromatic rings.